The number of nitrogens with one attached hydrogen (secondary N) is 3. The maximum absolute atomic E-state index is 13.1. The number of hydrogen-bond acceptors (Lipinski definition) is 6. The standard InChI is InChI=1S/C23H30N6O6/c24-15(10-13-11-26-16-5-2-1-4-14(13)16)23(35)29-9-3-6-18(29)22(34)28-17(7-8-19(25)30)21(33)27-12-20(31)32/h1-2,4-5,11,15,17-18,26H,3,6-10,12,24H2,(H2,25,30)(H,27,33)(H,28,34)(H,31,32). The molecule has 0 bridgehead atoms. The van der Waals surface area contributed by atoms with Crippen molar-refractivity contribution >= 4 is 40.5 Å². The number of primary amides is 1. The lowest BCUT2D eigenvalue weighted by molar-refractivity contribution is -0.141. The van der Waals surface area contributed by atoms with Gasteiger partial charge in [-0.2, -0.15) is 0 Å². The van der Waals surface area contributed by atoms with Crippen molar-refractivity contribution in [2.45, 2.75) is 50.2 Å². The smallest absolute Gasteiger partial charge is 0.322 e. The number of aliphatic carboxylic acids is 1. The van der Waals surface area contributed by atoms with Gasteiger partial charge in [-0.3, -0.25) is 24.0 Å². The third-order valence-corrected chi connectivity index (χ3v) is 6.00. The molecule has 3 unspecified atom stereocenters. The van der Waals surface area contributed by atoms with E-state index in [1.807, 2.05) is 30.5 Å². The number of rotatable bonds is 11. The van der Waals surface area contributed by atoms with Crippen LogP contribution in [0.4, 0.5) is 0 Å². The van der Waals surface area contributed by atoms with Crippen LogP contribution in [0, 0.1) is 0 Å². The molecule has 4 amide bonds. The Labute approximate surface area is 201 Å². The Morgan fingerprint density at radius 2 is 1.94 bits per heavy atom. The van der Waals surface area contributed by atoms with Crippen LogP contribution in [0.25, 0.3) is 10.9 Å². The highest BCUT2D eigenvalue weighted by molar-refractivity contribution is 5.94. The number of H-pyrrole nitrogens is 1. The van der Waals surface area contributed by atoms with Crippen molar-refractivity contribution in [1.29, 1.82) is 0 Å². The maximum Gasteiger partial charge on any atom is 0.322 e. The number of para-hydroxylation sites is 1. The van der Waals surface area contributed by atoms with Crippen molar-refractivity contribution in [3.05, 3.63) is 36.0 Å². The second-order valence-corrected chi connectivity index (χ2v) is 8.54. The molecule has 0 radical (unpaired) electrons. The first kappa shape index (κ1) is 25.7. The number of aromatic nitrogens is 1. The Hall–Kier alpha value is -3.93. The van der Waals surface area contributed by atoms with E-state index < -0.39 is 48.4 Å². The van der Waals surface area contributed by atoms with Crippen LogP contribution in [0.5, 0.6) is 0 Å². The molecule has 3 atom stereocenters. The van der Waals surface area contributed by atoms with E-state index >= 15 is 0 Å². The van der Waals surface area contributed by atoms with Crippen LogP contribution in [0.3, 0.4) is 0 Å². The van der Waals surface area contributed by atoms with Crippen LogP contribution in [-0.2, 0) is 30.4 Å². The quantitative estimate of drug-likeness (QED) is 0.233. The number of nitrogens with zero attached hydrogens (tertiary/aromatic N) is 1. The van der Waals surface area contributed by atoms with Crippen molar-refractivity contribution in [3.8, 4) is 0 Å². The fourth-order valence-corrected chi connectivity index (χ4v) is 4.25. The molecule has 0 aliphatic carbocycles. The number of aromatic amines is 1. The second kappa shape index (κ2) is 11.5. The summed E-state index contributed by atoms with van der Waals surface area (Å²) in [5, 5.41) is 14.5. The molecule has 12 nitrogen and oxygen atoms in total. The summed E-state index contributed by atoms with van der Waals surface area (Å²) in [6.07, 6.45) is 2.77. The van der Waals surface area contributed by atoms with Crippen LogP contribution in [-0.4, -0.2) is 75.8 Å². The molecule has 1 aliphatic rings. The van der Waals surface area contributed by atoms with Gasteiger partial charge in [0, 0.05) is 30.1 Å². The average molecular weight is 487 g/mol. The number of carboxylic acids is 1. The average Bonchev–Trinajstić information content (AvgIpc) is 3.47. The Kier molecular flexibility index (Phi) is 8.42. The number of benzene rings is 1. The predicted octanol–water partition coefficient (Wildman–Crippen LogP) is -1.02. The zero-order valence-electron chi connectivity index (χ0n) is 19.2. The predicted molar refractivity (Wildman–Crippen MR) is 126 cm³/mol. The first-order chi connectivity index (χ1) is 16.7. The molecule has 2 heterocycles. The molecule has 1 aromatic heterocycles. The zero-order valence-corrected chi connectivity index (χ0v) is 19.2. The number of carbonyl (C=O) groups is 5. The SMILES string of the molecule is NC(=O)CCC(NC(=O)C1CCCN1C(=O)C(N)Cc1c[nH]c2ccccc12)C(=O)NCC(=O)O. The molecule has 1 fully saturated rings. The van der Waals surface area contributed by atoms with Gasteiger partial charge in [0.2, 0.25) is 23.6 Å². The number of nitrogens with two attached hydrogens (primary N) is 2. The molecule has 1 saturated heterocycles. The van der Waals surface area contributed by atoms with Gasteiger partial charge in [0.15, 0.2) is 0 Å². The van der Waals surface area contributed by atoms with Crippen LogP contribution in [0.1, 0.15) is 31.2 Å². The van der Waals surface area contributed by atoms with Crippen molar-refractivity contribution in [3.63, 3.8) is 0 Å². The van der Waals surface area contributed by atoms with Gasteiger partial charge in [-0.15, -0.1) is 0 Å². The van der Waals surface area contributed by atoms with Gasteiger partial charge in [0.05, 0.1) is 6.04 Å². The van der Waals surface area contributed by atoms with Crippen molar-refractivity contribution in [2.75, 3.05) is 13.1 Å². The molecule has 2 aromatic rings. The molecule has 1 aromatic carbocycles. The summed E-state index contributed by atoms with van der Waals surface area (Å²) < 4.78 is 0. The van der Waals surface area contributed by atoms with Crippen molar-refractivity contribution in [2.24, 2.45) is 11.5 Å². The fourth-order valence-electron chi connectivity index (χ4n) is 4.25. The van der Waals surface area contributed by atoms with Gasteiger partial charge in [-0.1, -0.05) is 18.2 Å². The van der Waals surface area contributed by atoms with E-state index in [0.29, 0.717) is 19.4 Å². The molecule has 8 N–H and O–H groups in total. The minimum absolute atomic E-state index is 0.104. The lowest BCUT2D eigenvalue weighted by Crippen LogP contribution is -2.55. The first-order valence-corrected chi connectivity index (χ1v) is 11.4. The van der Waals surface area contributed by atoms with Gasteiger partial charge in [-0.05, 0) is 37.3 Å². The number of carboxylic acid groups (broad SMARTS) is 1. The highest BCUT2D eigenvalue weighted by Gasteiger charge is 2.37. The summed E-state index contributed by atoms with van der Waals surface area (Å²) in [4.78, 5) is 65.0. The maximum atomic E-state index is 13.1. The minimum Gasteiger partial charge on any atom is -0.480 e. The van der Waals surface area contributed by atoms with E-state index in [0.717, 1.165) is 16.5 Å². The lowest BCUT2D eigenvalue weighted by Gasteiger charge is -2.28. The summed E-state index contributed by atoms with van der Waals surface area (Å²) in [5.74, 6) is -3.63. The normalized spacial score (nSPS) is 17.1. The third kappa shape index (κ3) is 6.57. The molecular formula is C23H30N6O6. The van der Waals surface area contributed by atoms with E-state index in [4.69, 9.17) is 16.6 Å². The topological polar surface area (TPSA) is 201 Å². The summed E-state index contributed by atoms with van der Waals surface area (Å²) in [7, 11) is 0. The Bertz CT molecular complexity index is 1110. The largest absolute Gasteiger partial charge is 0.480 e. The van der Waals surface area contributed by atoms with E-state index in [1.165, 1.54) is 4.90 Å². The number of amides is 4. The molecular weight excluding hydrogens is 456 g/mol. The van der Waals surface area contributed by atoms with Gasteiger partial charge in [0.25, 0.3) is 0 Å². The highest BCUT2D eigenvalue weighted by atomic mass is 16.4. The molecule has 0 spiro atoms. The van der Waals surface area contributed by atoms with Crippen LogP contribution in [0.15, 0.2) is 30.5 Å². The van der Waals surface area contributed by atoms with Gasteiger partial charge in [-0.25, -0.2) is 0 Å². The van der Waals surface area contributed by atoms with E-state index in [-0.39, 0.29) is 25.2 Å². The Morgan fingerprint density at radius 1 is 1.20 bits per heavy atom. The summed E-state index contributed by atoms with van der Waals surface area (Å²) in [6.45, 7) is -0.297. The van der Waals surface area contributed by atoms with Gasteiger partial charge in [0.1, 0.15) is 18.6 Å². The molecule has 35 heavy (non-hydrogen) atoms. The lowest BCUT2D eigenvalue weighted by atomic mass is 10.0. The fraction of sp³-hybridized carbons (Fsp3) is 0.435. The number of hydrogen-bond donors (Lipinski definition) is 6. The van der Waals surface area contributed by atoms with Gasteiger partial charge < -0.3 is 37.1 Å². The molecule has 12 heteroatoms. The highest BCUT2D eigenvalue weighted by Crippen LogP contribution is 2.22. The number of fused-ring (bicyclic) bond motifs is 1. The van der Waals surface area contributed by atoms with E-state index in [1.54, 1.807) is 0 Å². The second-order valence-electron chi connectivity index (χ2n) is 8.54. The van der Waals surface area contributed by atoms with Crippen molar-refractivity contribution in [1.82, 2.24) is 20.5 Å². The molecule has 188 valence electrons. The van der Waals surface area contributed by atoms with Crippen LogP contribution < -0.4 is 22.1 Å². The number of likely N-dealkylation sites (tertiary alicyclic amines) is 1. The van der Waals surface area contributed by atoms with Crippen LogP contribution in [0.2, 0.25) is 0 Å². The molecule has 0 saturated carbocycles. The summed E-state index contributed by atoms with van der Waals surface area (Å²) in [5.41, 5.74) is 13.2. The van der Waals surface area contributed by atoms with E-state index in [2.05, 4.69) is 15.6 Å². The molecule has 3 rings (SSSR count). The summed E-state index contributed by atoms with van der Waals surface area (Å²) in [6, 6.07) is 4.79. The Balaban J connectivity index is 1.66. The third-order valence-electron chi connectivity index (χ3n) is 6.00. The van der Waals surface area contributed by atoms with Gasteiger partial charge >= 0.3 is 5.97 Å². The monoisotopic (exact) mass is 486 g/mol. The Morgan fingerprint density at radius 3 is 2.66 bits per heavy atom. The van der Waals surface area contributed by atoms with Crippen molar-refractivity contribution < 1.29 is 29.1 Å². The molecule has 1 aliphatic heterocycles. The van der Waals surface area contributed by atoms with Crippen LogP contribution >= 0.6 is 0 Å². The van der Waals surface area contributed by atoms with E-state index in [9.17, 15) is 24.0 Å². The summed E-state index contributed by atoms with van der Waals surface area (Å²) >= 11 is 0. The first-order valence-electron chi connectivity index (χ1n) is 11.4. The zero-order chi connectivity index (χ0) is 25.5. The minimum atomic E-state index is -1.25. The number of carbonyl (C=O) groups excluding carboxylic acids is 4.